The Morgan fingerprint density at radius 2 is 1.96 bits per heavy atom. The van der Waals surface area contributed by atoms with Crippen LogP contribution in [0.15, 0.2) is 30.5 Å². The number of hydrogen-bond acceptors (Lipinski definition) is 6. The normalized spacial score (nSPS) is 11.6. The van der Waals surface area contributed by atoms with E-state index in [1.165, 1.54) is 17.8 Å². The number of methoxy groups -OCH3 is 1. The fourth-order valence-electron chi connectivity index (χ4n) is 2.35. The van der Waals surface area contributed by atoms with E-state index < -0.39 is 11.0 Å². The van der Waals surface area contributed by atoms with E-state index in [1.54, 1.807) is 50.4 Å². The molecule has 2 aromatic rings. The molecule has 1 heterocycles. The number of nitrogens with zero attached hydrogens (tertiary/aromatic N) is 4. The number of amides is 1. The van der Waals surface area contributed by atoms with E-state index in [0.717, 1.165) is 0 Å². The minimum Gasteiger partial charge on any atom is -0.497 e. The topological polar surface area (TPSA) is 103 Å². The highest BCUT2D eigenvalue weighted by atomic mass is 35.5. The van der Waals surface area contributed by atoms with E-state index >= 15 is 0 Å². The van der Waals surface area contributed by atoms with Crippen molar-refractivity contribution in [3.63, 3.8) is 0 Å². The number of rotatable bonds is 6. The van der Waals surface area contributed by atoms with Crippen LogP contribution in [0, 0.1) is 10.1 Å². The van der Waals surface area contributed by atoms with Crippen LogP contribution < -0.4 is 10.1 Å². The number of likely N-dealkylation sites (N-methyl/N-ethyl adjacent to an activating group) is 1. The molecule has 0 saturated heterocycles. The molecule has 136 valence electrons. The molecule has 9 nitrogen and oxygen atoms in total. The van der Waals surface area contributed by atoms with Crippen LogP contribution in [-0.4, -0.2) is 46.5 Å². The van der Waals surface area contributed by atoms with Gasteiger partial charge in [-0.2, -0.15) is 0 Å². The molecule has 25 heavy (non-hydrogen) atoms. The van der Waals surface area contributed by atoms with Gasteiger partial charge in [-0.25, -0.2) is 4.57 Å². The summed E-state index contributed by atoms with van der Waals surface area (Å²) < 4.78 is 6.38. The zero-order valence-corrected chi connectivity index (χ0v) is 15.1. The lowest BCUT2D eigenvalue weighted by atomic mass is 10.1. The number of nitrogens with one attached hydrogen (secondary N) is 1. The fraction of sp³-hybridized carbons (Fsp3) is 0.333. The number of aromatic nitrogens is 2. The zero-order valence-electron chi connectivity index (χ0n) is 14.3. The number of hydrogen-bond donors (Lipinski definition) is 1. The third-order valence-corrected chi connectivity index (χ3v) is 3.57. The first-order chi connectivity index (χ1) is 11.3. The number of halogens is 1. The molecule has 0 aliphatic carbocycles. The Balaban J connectivity index is 0.00000312. The standard InChI is InChI=1S/C15H19N5O4.ClH/c1-18(2)13(12-9-16-15(19(12)3)20(22)23)14(21)17-10-5-7-11(24-4)8-6-10;/h5-9,13H,1-4H3,(H,17,21);1H. The molecule has 0 radical (unpaired) electrons. The molecule has 1 atom stereocenters. The second-order valence-corrected chi connectivity index (χ2v) is 5.38. The van der Waals surface area contributed by atoms with Crippen LogP contribution in [0.5, 0.6) is 5.75 Å². The molecule has 2 rings (SSSR count). The van der Waals surface area contributed by atoms with E-state index in [-0.39, 0.29) is 24.3 Å². The van der Waals surface area contributed by atoms with Crippen LogP contribution in [0.2, 0.25) is 0 Å². The van der Waals surface area contributed by atoms with Crippen LogP contribution in [0.1, 0.15) is 11.7 Å². The van der Waals surface area contributed by atoms with Gasteiger partial charge in [-0.1, -0.05) is 4.98 Å². The summed E-state index contributed by atoms with van der Waals surface area (Å²) in [5, 5.41) is 13.7. The molecule has 0 saturated carbocycles. The third-order valence-electron chi connectivity index (χ3n) is 3.57. The van der Waals surface area contributed by atoms with Gasteiger partial charge in [0.25, 0.3) is 0 Å². The predicted molar refractivity (Wildman–Crippen MR) is 95.2 cm³/mol. The van der Waals surface area contributed by atoms with Crippen LogP contribution in [0.4, 0.5) is 11.6 Å². The third kappa shape index (κ3) is 4.46. The minimum atomic E-state index is -0.724. The average Bonchev–Trinajstić information content (AvgIpc) is 2.89. The summed E-state index contributed by atoms with van der Waals surface area (Å²) in [6, 6.07) is 6.17. The Bertz CT molecular complexity index is 745. The number of carbonyl (C=O) groups is 1. The van der Waals surface area contributed by atoms with Gasteiger partial charge in [0.1, 0.15) is 23.7 Å². The number of anilines is 1. The molecule has 0 bridgehead atoms. The van der Waals surface area contributed by atoms with Gasteiger partial charge in [0.2, 0.25) is 5.91 Å². The summed E-state index contributed by atoms with van der Waals surface area (Å²) in [6.07, 6.45) is 1.34. The SMILES string of the molecule is COc1ccc(NC(=O)C(c2cnc([N+](=O)[O-])n2C)N(C)C)cc1.Cl. The molecular weight excluding hydrogens is 350 g/mol. The van der Waals surface area contributed by atoms with Gasteiger partial charge in [0.05, 0.1) is 14.2 Å². The molecule has 0 aliphatic rings. The van der Waals surface area contributed by atoms with Crippen molar-refractivity contribution in [3.05, 3.63) is 46.3 Å². The molecule has 1 N–H and O–H groups in total. The number of imidazole rings is 1. The summed E-state index contributed by atoms with van der Waals surface area (Å²) >= 11 is 0. The van der Waals surface area contributed by atoms with Crippen LogP contribution in [0.25, 0.3) is 0 Å². The molecule has 0 fully saturated rings. The monoisotopic (exact) mass is 369 g/mol. The summed E-state index contributed by atoms with van der Waals surface area (Å²) in [7, 11) is 6.51. The highest BCUT2D eigenvalue weighted by Gasteiger charge is 2.31. The average molecular weight is 370 g/mol. The molecule has 0 spiro atoms. The first-order valence-electron chi connectivity index (χ1n) is 7.12. The van der Waals surface area contributed by atoms with Crippen molar-refractivity contribution < 1.29 is 14.5 Å². The van der Waals surface area contributed by atoms with E-state index in [0.29, 0.717) is 17.1 Å². The Morgan fingerprint density at radius 1 is 1.36 bits per heavy atom. The van der Waals surface area contributed by atoms with Crippen LogP contribution >= 0.6 is 12.4 Å². The van der Waals surface area contributed by atoms with Crippen molar-refractivity contribution in [1.82, 2.24) is 14.5 Å². The summed E-state index contributed by atoms with van der Waals surface area (Å²) in [5.41, 5.74) is 1.03. The molecule has 1 unspecified atom stereocenters. The predicted octanol–water partition coefficient (Wildman–Crippen LogP) is 2.00. The highest BCUT2D eigenvalue weighted by Crippen LogP contribution is 2.24. The quantitative estimate of drug-likeness (QED) is 0.617. The molecule has 10 heteroatoms. The zero-order chi connectivity index (χ0) is 17.9. The van der Waals surface area contributed by atoms with Gasteiger partial charge >= 0.3 is 5.95 Å². The number of benzene rings is 1. The maximum Gasteiger partial charge on any atom is 0.434 e. The van der Waals surface area contributed by atoms with Crippen LogP contribution in [0.3, 0.4) is 0 Å². The van der Waals surface area contributed by atoms with Gasteiger partial charge in [-0.3, -0.25) is 9.69 Å². The van der Waals surface area contributed by atoms with Gasteiger partial charge in [-0.15, -0.1) is 12.4 Å². The maximum absolute atomic E-state index is 12.6. The lowest BCUT2D eigenvalue weighted by Gasteiger charge is -2.22. The van der Waals surface area contributed by atoms with Crippen LogP contribution in [-0.2, 0) is 11.8 Å². The van der Waals surface area contributed by atoms with E-state index in [2.05, 4.69) is 10.3 Å². The van der Waals surface area contributed by atoms with Crippen molar-refractivity contribution in [1.29, 1.82) is 0 Å². The Labute approximate surface area is 151 Å². The minimum absolute atomic E-state index is 0. The van der Waals surface area contributed by atoms with E-state index in [4.69, 9.17) is 4.74 Å². The smallest absolute Gasteiger partial charge is 0.434 e. The second-order valence-electron chi connectivity index (χ2n) is 5.38. The van der Waals surface area contributed by atoms with Gasteiger partial charge in [0, 0.05) is 5.69 Å². The van der Waals surface area contributed by atoms with E-state index in [1.807, 2.05) is 0 Å². The molecular formula is C15H20ClN5O4. The van der Waals surface area contributed by atoms with E-state index in [9.17, 15) is 14.9 Å². The molecule has 1 aromatic heterocycles. The number of ether oxygens (including phenoxy) is 1. The molecule has 0 aliphatic heterocycles. The summed E-state index contributed by atoms with van der Waals surface area (Å²) in [5.74, 6) is 0.0524. The Kier molecular flexibility index (Phi) is 6.89. The van der Waals surface area contributed by atoms with Crippen molar-refractivity contribution in [2.24, 2.45) is 7.05 Å². The largest absolute Gasteiger partial charge is 0.497 e. The number of carbonyl (C=O) groups excluding carboxylic acids is 1. The lowest BCUT2D eigenvalue weighted by molar-refractivity contribution is -0.396. The first kappa shape index (κ1) is 20.4. The Morgan fingerprint density at radius 3 is 2.40 bits per heavy atom. The van der Waals surface area contributed by atoms with Crippen molar-refractivity contribution >= 4 is 29.9 Å². The van der Waals surface area contributed by atoms with Crippen molar-refractivity contribution in [3.8, 4) is 5.75 Å². The number of nitro groups is 1. The van der Waals surface area contributed by atoms with Gasteiger partial charge in [0.15, 0.2) is 0 Å². The van der Waals surface area contributed by atoms with Gasteiger partial charge < -0.3 is 20.2 Å². The fourth-order valence-corrected chi connectivity index (χ4v) is 2.35. The maximum atomic E-state index is 12.6. The highest BCUT2D eigenvalue weighted by molar-refractivity contribution is 5.95. The summed E-state index contributed by atoms with van der Waals surface area (Å²) in [6.45, 7) is 0. The Hall–Kier alpha value is -2.65. The molecule has 1 amide bonds. The summed E-state index contributed by atoms with van der Waals surface area (Å²) in [4.78, 5) is 28.4. The first-order valence-corrected chi connectivity index (χ1v) is 7.12. The molecule has 1 aromatic carbocycles. The van der Waals surface area contributed by atoms with Gasteiger partial charge in [-0.05, 0) is 43.3 Å². The second kappa shape index (κ2) is 8.45. The lowest BCUT2D eigenvalue weighted by Crippen LogP contribution is -2.33. The van der Waals surface area contributed by atoms with Crippen molar-refractivity contribution in [2.75, 3.05) is 26.5 Å². The van der Waals surface area contributed by atoms with Crippen molar-refractivity contribution in [2.45, 2.75) is 6.04 Å².